The van der Waals surface area contributed by atoms with E-state index in [9.17, 15) is 13.2 Å². The van der Waals surface area contributed by atoms with Crippen molar-refractivity contribution in [1.82, 2.24) is 9.62 Å². The Hall–Kier alpha value is -1.15. The molecule has 1 fully saturated rings. The molecule has 6 nitrogen and oxygen atoms in total. The van der Waals surface area contributed by atoms with Gasteiger partial charge >= 0.3 is 0 Å². The van der Waals surface area contributed by atoms with Crippen LogP contribution in [0, 0.1) is 5.92 Å². The van der Waals surface area contributed by atoms with Crippen LogP contribution in [0.3, 0.4) is 0 Å². The number of nitrogens with zero attached hydrogens (tertiary/aromatic N) is 1. The van der Waals surface area contributed by atoms with E-state index in [1.165, 1.54) is 18.4 Å². The fraction of sp³-hybridized carbons (Fsp3) is 0.588. The van der Waals surface area contributed by atoms with Crippen LogP contribution in [0.1, 0.15) is 44.2 Å². The zero-order chi connectivity index (χ0) is 17.9. The lowest BCUT2D eigenvalue weighted by Crippen LogP contribution is -2.33. The molecule has 3 atom stereocenters. The number of amides is 1. The SMILES string of the molecule is CC(NC(=O)C[C@@H]1CCC[C@H]1N)c1cccc(S(=O)(=O)N(C)C)c1.Cl. The fourth-order valence-corrected chi connectivity index (χ4v) is 4.05. The van der Waals surface area contributed by atoms with Crippen LogP contribution in [0.2, 0.25) is 0 Å². The summed E-state index contributed by atoms with van der Waals surface area (Å²) in [7, 11) is -0.487. The molecular formula is C17H28ClN3O3S. The van der Waals surface area contributed by atoms with E-state index in [0.29, 0.717) is 6.42 Å². The number of sulfonamides is 1. The number of hydrogen-bond donors (Lipinski definition) is 2. The van der Waals surface area contributed by atoms with Gasteiger partial charge in [-0.3, -0.25) is 4.79 Å². The Balaban J connectivity index is 0.00000312. The van der Waals surface area contributed by atoms with E-state index in [1.54, 1.807) is 18.2 Å². The second kappa shape index (κ2) is 8.98. The van der Waals surface area contributed by atoms with Gasteiger partial charge in [0.25, 0.3) is 0 Å². The smallest absolute Gasteiger partial charge is 0.242 e. The summed E-state index contributed by atoms with van der Waals surface area (Å²) in [4.78, 5) is 12.5. The quantitative estimate of drug-likeness (QED) is 0.778. The van der Waals surface area contributed by atoms with Crippen LogP contribution in [-0.2, 0) is 14.8 Å². The molecule has 1 aliphatic carbocycles. The van der Waals surface area contributed by atoms with Crippen molar-refractivity contribution in [2.75, 3.05) is 14.1 Å². The number of carbonyl (C=O) groups is 1. The molecule has 1 saturated carbocycles. The van der Waals surface area contributed by atoms with E-state index in [2.05, 4.69) is 5.32 Å². The normalized spacial score (nSPS) is 21.6. The summed E-state index contributed by atoms with van der Waals surface area (Å²) in [6.45, 7) is 1.86. The summed E-state index contributed by atoms with van der Waals surface area (Å²) in [5.74, 6) is 0.211. The number of rotatable bonds is 6. The van der Waals surface area contributed by atoms with Gasteiger partial charge in [-0.25, -0.2) is 12.7 Å². The van der Waals surface area contributed by atoms with Crippen molar-refractivity contribution < 1.29 is 13.2 Å². The molecule has 0 spiro atoms. The van der Waals surface area contributed by atoms with Crippen LogP contribution in [0.4, 0.5) is 0 Å². The lowest BCUT2D eigenvalue weighted by molar-refractivity contribution is -0.122. The highest BCUT2D eigenvalue weighted by molar-refractivity contribution is 7.89. The van der Waals surface area contributed by atoms with Crippen molar-refractivity contribution in [2.24, 2.45) is 11.7 Å². The van der Waals surface area contributed by atoms with Crippen LogP contribution in [0.15, 0.2) is 29.2 Å². The van der Waals surface area contributed by atoms with Gasteiger partial charge in [-0.2, -0.15) is 0 Å². The van der Waals surface area contributed by atoms with Gasteiger partial charge in [0.15, 0.2) is 0 Å². The third-order valence-electron chi connectivity index (χ3n) is 4.68. The van der Waals surface area contributed by atoms with Crippen LogP contribution < -0.4 is 11.1 Å². The predicted octanol–water partition coefficient (Wildman–Crippen LogP) is 2.05. The van der Waals surface area contributed by atoms with Gasteiger partial charge in [-0.15, -0.1) is 12.4 Å². The molecule has 1 amide bonds. The zero-order valence-electron chi connectivity index (χ0n) is 14.9. The van der Waals surface area contributed by atoms with Gasteiger partial charge in [0.1, 0.15) is 0 Å². The molecule has 0 bridgehead atoms. The Labute approximate surface area is 156 Å². The summed E-state index contributed by atoms with van der Waals surface area (Å²) < 4.78 is 25.6. The molecule has 0 heterocycles. The Kier molecular flexibility index (Phi) is 7.87. The average Bonchev–Trinajstić information content (AvgIpc) is 2.92. The molecule has 1 aromatic carbocycles. The number of nitrogens with two attached hydrogens (primary N) is 1. The maximum Gasteiger partial charge on any atom is 0.242 e. The highest BCUT2D eigenvalue weighted by Crippen LogP contribution is 2.27. The van der Waals surface area contributed by atoms with E-state index < -0.39 is 10.0 Å². The molecule has 1 unspecified atom stereocenters. The van der Waals surface area contributed by atoms with Gasteiger partial charge in [0.05, 0.1) is 10.9 Å². The summed E-state index contributed by atoms with van der Waals surface area (Å²) in [6, 6.07) is 6.54. The third kappa shape index (κ3) is 5.41. The first-order valence-corrected chi connectivity index (χ1v) is 9.73. The first-order chi connectivity index (χ1) is 11.2. The van der Waals surface area contributed by atoms with Crippen LogP contribution in [0.25, 0.3) is 0 Å². The molecule has 0 radical (unpaired) electrons. The molecule has 8 heteroatoms. The van der Waals surface area contributed by atoms with Crippen LogP contribution in [0.5, 0.6) is 0 Å². The van der Waals surface area contributed by atoms with Crippen molar-refractivity contribution in [2.45, 2.75) is 49.6 Å². The topological polar surface area (TPSA) is 92.5 Å². The van der Waals surface area contributed by atoms with Gasteiger partial charge in [-0.1, -0.05) is 18.6 Å². The van der Waals surface area contributed by atoms with Crippen molar-refractivity contribution in [3.05, 3.63) is 29.8 Å². The molecule has 1 aliphatic rings. The van der Waals surface area contributed by atoms with E-state index in [-0.39, 0.29) is 41.2 Å². The van der Waals surface area contributed by atoms with Crippen molar-refractivity contribution in [3.8, 4) is 0 Å². The molecular weight excluding hydrogens is 362 g/mol. The lowest BCUT2D eigenvalue weighted by Gasteiger charge is -2.19. The highest BCUT2D eigenvalue weighted by atomic mass is 35.5. The van der Waals surface area contributed by atoms with Crippen LogP contribution >= 0.6 is 12.4 Å². The minimum atomic E-state index is -3.48. The first kappa shape index (κ1) is 21.9. The Morgan fingerprint density at radius 2 is 2.04 bits per heavy atom. The highest BCUT2D eigenvalue weighted by Gasteiger charge is 2.26. The second-order valence-electron chi connectivity index (χ2n) is 6.71. The number of benzene rings is 1. The maximum atomic E-state index is 12.2. The molecule has 0 aliphatic heterocycles. The third-order valence-corrected chi connectivity index (χ3v) is 6.49. The van der Waals surface area contributed by atoms with E-state index >= 15 is 0 Å². The largest absolute Gasteiger partial charge is 0.350 e. The van der Waals surface area contributed by atoms with E-state index in [4.69, 9.17) is 5.73 Å². The molecule has 2 rings (SSSR count). The number of nitrogens with one attached hydrogen (secondary N) is 1. The fourth-order valence-electron chi connectivity index (χ4n) is 3.10. The second-order valence-corrected chi connectivity index (χ2v) is 8.86. The Bertz CT molecular complexity index is 694. The maximum absolute atomic E-state index is 12.2. The average molecular weight is 390 g/mol. The predicted molar refractivity (Wildman–Crippen MR) is 101 cm³/mol. The Morgan fingerprint density at radius 3 is 2.60 bits per heavy atom. The summed E-state index contributed by atoms with van der Waals surface area (Å²) >= 11 is 0. The number of hydrogen-bond acceptors (Lipinski definition) is 4. The number of carbonyl (C=O) groups excluding carboxylic acids is 1. The van der Waals surface area contributed by atoms with Crippen molar-refractivity contribution in [1.29, 1.82) is 0 Å². The summed E-state index contributed by atoms with van der Waals surface area (Å²) in [5, 5.41) is 2.95. The Morgan fingerprint density at radius 1 is 1.36 bits per heavy atom. The lowest BCUT2D eigenvalue weighted by atomic mass is 9.99. The zero-order valence-corrected chi connectivity index (χ0v) is 16.6. The monoisotopic (exact) mass is 389 g/mol. The van der Waals surface area contributed by atoms with Crippen LogP contribution in [-0.4, -0.2) is 38.8 Å². The molecule has 142 valence electrons. The first-order valence-electron chi connectivity index (χ1n) is 8.29. The van der Waals surface area contributed by atoms with Gasteiger partial charge in [0.2, 0.25) is 15.9 Å². The molecule has 1 aromatic rings. The standard InChI is InChI=1S/C17H27N3O3S.ClH/c1-12(19-17(21)11-14-7-5-9-16(14)18)13-6-4-8-15(10-13)24(22,23)20(2)3;/h4,6,8,10,12,14,16H,5,7,9,11,18H2,1-3H3,(H,19,21);1H/t12?,14-,16+;/m0./s1. The van der Waals surface area contributed by atoms with E-state index in [1.807, 2.05) is 13.0 Å². The van der Waals surface area contributed by atoms with E-state index in [0.717, 1.165) is 24.8 Å². The van der Waals surface area contributed by atoms with Gasteiger partial charge in [-0.05, 0) is 43.4 Å². The van der Waals surface area contributed by atoms with Gasteiger partial charge < -0.3 is 11.1 Å². The minimum absolute atomic E-state index is 0. The molecule has 25 heavy (non-hydrogen) atoms. The summed E-state index contributed by atoms with van der Waals surface area (Å²) in [6.07, 6.45) is 3.50. The number of halogens is 1. The van der Waals surface area contributed by atoms with Crippen molar-refractivity contribution in [3.63, 3.8) is 0 Å². The molecule has 0 saturated heterocycles. The molecule has 0 aromatic heterocycles. The summed E-state index contributed by atoms with van der Waals surface area (Å²) in [5.41, 5.74) is 6.78. The van der Waals surface area contributed by atoms with Gasteiger partial charge in [0, 0.05) is 26.6 Å². The minimum Gasteiger partial charge on any atom is -0.350 e. The van der Waals surface area contributed by atoms with Crippen molar-refractivity contribution >= 4 is 28.3 Å². The molecule has 3 N–H and O–H groups in total.